The molecule has 0 saturated carbocycles. The SMILES string of the molecule is COC(=O)N1C(CCCCCO[Si](C(C)C)(C(C)C)C(C)C)CCC1OOC(C)(C)C. The van der Waals surface area contributed by atoms with Crippen LogP contribution >= 0.6 is 0 Å². The Labute approximate surface area is 192 Å². The summed E-state index contributed by atoms with van der Waals surface area (Å²) in [6.07, 6.45) is 5.15. The summed E-state index contributed by atoms with van der Waals surface area (Å²) in [5, 5.41) is 0. The monoisotopic (exact) mass is 459 g/mol. The lowest BCUT2D eigenvalue weighted by atomic mass is 10.1. The van der Waals surface area contributed by atoms with Crippen LogP contribution < -0.4 is 0 Å². The summed E-state index contributed by atoms with van der Waals surface area (Å²) in [6, 6.07) is 0.136. The topological polar surface area (TPSA) is 57.2 Å². The van der Waals surface area contributed by atoms with Crippen LogP contribution in [-0.4, -0.2) is 50.9 Å². The first kappa shape index (κ1) is 28.4. The molecule has 6 nitrogen and oxygen atoms in total. The van der Waals surface area contributed by atoms with Crippen LogP contribution in [0.2, 0.25) is 16.6 Å². The van der Waals surface area contributed by atoms with Crippen molar-refractivity contribution < 1.29 is 23.7 Å². The second kappa shape index (κ2) is 12.6. The van der Waals surface area contributed by atoms with Gasteiger partial charge < -0.3 is 9.16 Å². The van der Waals surface area contributed by atoms with Crippen LogP contribution in [0, 0.1) is 0 Å². The summed E-state index contributed by atoms with van der Waals surface area (Å²) in [6.45, 7) is 20.6. The Morgan fingerprint density at radius 3 is 2.03 bits per heavy atom. The van der Waals surface area contributed by atoms with Gasteiger partial charge in [0.2, 0.25) is 0 Å². The molecule has 1 heterocycles. The Morgan fingerprint density at radius 2 is 1.55 bits per heavy atom. The molecule has 1 fully saturated rings. The molecule has 0 aliphatic carbocycles. The highest BCUT2D eigenvalue weighted by Crippen LogP contribution is 2.42. The van der Waals surface area contributed by atoms with Crippen LogP contribution in [0.15, 0.2) is 0 Å². The number of carbonyl (C=O) groups is 1. The summed E-state index contributed by atoms with van der Waals surface area (Å²) in [5.74, 6) is 0. The third-order valence-corrected chi connectivity index (χ3v) is 12.6. The summed E-state index contributed by atoms with van der Waals surface area (Å²) in [4.78, 5) is 25.1. The van der Waals surface area contributed by atoms with E-state index in [2.05, 4.69) is 41.5 Å². The molecule has 7 heteroatoms. The second-order valence-electron chi connectivity index (χ2n) is 10.9. The van der Waals surface area contributed by atoms with Crippen LogP contribution in [0.3, 0.4) is 0 Å². The van der Waals surface area contributed by atoms with E-state index in [9.17, 15) is 4.79 Å². The molecule has 2 atom stereocenters. The fourth-order valence-corrected chi connectivity index (χ4v) is 10.7. The van der Waals surface area contributed by atoms with Gasteiger partial charge in [-0.05, 0) is 63.1 Å². The van der Waals surface area contributed by atoms with Gasteiger partial charge in [-0.1, -0.05) is 54.4 Å². The number of hydrogen-bond acceptors (Lipinski definition) is 5. The van der Waals surface area contributed by atoms with Gasteiger partial charge in [0.15, 0.2) is 14.5 Å². The Hall–Kier alpha value is -0.633. The third-order valence-electron chi connectivity index (χ3n) is 6.49. The zero-order chi connectivity index (χ0) is 23.8. The highest BCUT2D eigenvalue weighted by atomic mass is 28.4. The molecular formula is C24H49NO5Si. The van der Waals surface area contributed by atoms with E-state index in [1.165, 1.54) is 7.11 Å². The number of amides is 1. The molecule has 0 aromatic carbocycles. The Balaban J connectivity index is 2.51. The molecule has 0 aromatic heterocycles. The van der Waals surface area contributed by atoms with Crippen molar-refractivity contribution in [1.82, 2.24) is 4.90 Å². The molecule has 0 spiro atoms. The van der Waals surface area contributed by atoms with Gasteiger partial charge in [0.1, 0.15) is 0 Å². The van der Waals surface area contributed by atoms with Gasteiger partial charge in [-0.25, -0.2) is 14.6 Å². The lowest BCUT2D eigenvalue weighted by Crippen LogP contribution is -2.47. The standard InChI is InChI=1S/C24H49NO5Si/c1-18(2)31(19(3)4,20(5)6)28-17-13-11-12-14-21-15-16-22(25(21)23(26)27-10)29-30-24(7,8)9/h18-22H,11-17H2,1-10H3. The molecule has 0 radical (unpaired) electrons. The average Bonchev–Trinajstić information content (AvgIpc) is 3.06. The first-order valence-electron chi connectivity index (χ1n) is 12.2. The Bertz CT molecular complexity index is 511. The highest BCUT2D eigenvalue weighted by Gasteiger charge is 2.45. The predicted molar refractivity (Wildman–Crippen MR) is 128 cm³/mol. The number of likely N-dealkylation sites (tertiary alicyclic amines) is 1. The van der Waals surface area contributed by atoms with E-state index in [1.54, 1.807) is 4.90 Å². The molecule has 184 valence electrons. The molecular weight excluding hydrogens is 410 g/mol. The van der Waals surface area contributed by atoms with Crippen LogP contribution in [-0.2, 0) is 18.9 Å². The Kier molecular flexibility index (Phi) is 11.5. The maximum absolute atomic E-state index is 12.3. The first-order chi connectivity index (χ1) is 14.4. The van der Waals surface area contributed by atoms with Crippen LogP contribution in [0.25, 0.3) is 0 Å². The van der Waals surface area contributed by atoms with Crippen molar-refractivity contribution in [3.63, 3.8) is 0 Å². The summed E-state index contributed by atoms with van der Waals surface area (Å²) in [7, 11) is -0.356. The van der Waals surface area contributed by atoms with Gasteiger partial charge in [-0.2, -0.15) is 0 Å². The number of nitrogens with zero attached hydrogens (tertiary/aromatic N) is 1. The number of hydrogen-bond donors (Lipinski definition) is 0. The molecule has 1 rings (SSSR count). The molecule has 1 amide bonds. The maximum Gasteiger partial charge on any atom is 0.411 e. The van der Waals surface area contributed by atoms with Crippen molar-refractivity contribution in [2.75, 3.05) is 13.7 Å². The minimum atomic E-state index is -1.78. The zero-order valence-corrected chi connectivity index (χ0v) is 22.8. The van der Waals surface area contributed by atoms with Crippen molar-refractivity contribution >= 4 is 14.4 Å². The fraction of sp³-hybridized carbons (Fsp3) is 0.958. The van der Waals surface area contributed by atoms with Crippen molar-refractivity contribution in [2.45, 2.75) is 135 Å². The van der Waals surface area contributed by atoms with Crippen molar-refractivity contribution in [3.8, 4) is 0 Å². The normalized spacial score (nSPS) is 20.4. The van der Waals surface area contributed by atoms with Gasteiger partial charge in [0, 0.05) is 12.6 Å². The number of methoxy groups -OCH3 is 1. The minimum Gasteiger partial charge on any atom is -0.453 e. The molecule has 1 aliphatic heterocycles. The maximum atomic E-state index is 12.3. The number of ether oxygens (including phenoxy) is 1. The van der Waals surface area contributed by atoms with Crippen molar-refractivity contribution in [2.24, 2.45) is 0 Å². The summed E-state index contributed by atoms with van der Waals surface area (Å²) >= 11 is 0. The Morgan fingerprint density at radius 1 is 0.968 bits per heavy atom. The van der Waals surface area contributed by atoms with Crippen molar-refractivity contribution in [1.29, 1.82) is 0 Å². The smallest absolute Gasteiger partial charge is 0.411 e. The first-order valence-corrected chi connectivity index (χ1v) is 14.4. The summed E-state index contributed by atoms with van der Waals surface area (Å²) < 4.78 is 11.7. The van der Waals surface area contributed by atoms with E-state index >= 15 is 0 Å². The van der Waals surface area contributed by atoms with Gasteiger partial charge in [-0.15, -0.1) is 0 Å². The highest BCUT2D eigenvalue weighted by molar-refractivity contribution is 6.77. The van der Waals surface area contributed by atoms with Gasteiger partial charge in [0.05, 0.1) is 12.7 Å². The van der Waals surface area contributed by atoms with Crippen molar-refractivity contribution in [3.05, 3.63) is 0 Å². The average molecular weight is 460 g/mol. The molecule has 0 N–H and O–H groups in total. The molecule has 0 bridgehead atoms. The quantitative estimate of drug-likeness (QED) is 0.135. The molecule has 0 aromatic rings. The lowest BCUT2D eigenvalue weighted by molar-refractivity contribution is -0.388. The number of unbranched alkanes of at least 4 members (excludes halogenated alkanes) is 2. The largest absolute Gasteiger partial charge is 0.453 e. The number of carbonyl (C=O) groups excluding carboxylic acids is 1. The number of rotatable bonds is 12. The molecule has 1 aliphatic rings. The third kappa shape index (κ3) is 8.02. The van der Waals surface area contributed by atoms with E-state index in [-0.39, 0.29) is 18.4 Å². The van der Waals surface area contributed by atoms with E-state index < -0.39 is 13.9 Å². The predicted octanol–water partition coefficient (Wildman–Crippen LogP) is 7.04. The van der Waals surface area contributed by atoms with Gasteiger partial charge in [0.25, 0.3) is 0 Å². The second-order valence-corrected chi connectivity index (χ2v) is 16.3. The van der Waals surface area contributed by atoms with E-state index in [0.29, 0.717) is 16.6 Å². The van der Waals surface area contributed by atoms with Gasteiger partial charge in [-0.3, -0.25) is 4.90 Å². The minimum absolute atomic E-state index is 0.136. The molecule has 2 unspecified atom stereocenters. The van der Waals surface area contributed by atoms with Gasteiger partial charge >= 0.3 is 6.09 Å². The fourth-order valence-electron chi connectivity index (χ4n) is 5.21. The molecule has 31 heavy (non-hydrogen) atoms. The van der Waals surface area contributed by atoms with Crippen LogP contribution in [0.1, 0.15) is 101 Å². The zero-order valence-electron chi connectivity index (χ0n) is 21.8. The lowest BCUT2D eigenvalue weighted by Gasteiger charge is -2.42. The van der Waals surface area contributed by atoms with E-state index in [1.807, 2.05) is 20.8 Å². The summed E-state index contributed by atoms with van der Waals surface area (Å²) in [5.41, 5.74) is 1.44. The van der Waals surface area contributed by atoms with Crippen LogP contribution in [0.5, 0.6) is 0 Å². The molecule has 1 saturated heterocycles. The van der Waals surface area contributed by atoms with Crippen LogP contribution in [0.4, 0.5) is 4.79 Å². The van der Waals surface area contributed by atoms with E-state index in [4.69, 9.17) is 18.9 Å². The van der Waals surface area contributed by atoms with E-state index in [0.717, 1.165) is 45.1 Å².